The Morgan fingerprint density at radius 1 is 1.42 bits per heavy atom. The predicted octanol–water partition coefficient (Wildman–Crippen LogP) is 1.71. The Balaban J connectivity index is 0.00000288. The molecule has 0 saturated carbocycles. The van der Waals surface area contributed by atoms with Gasteiger partial charge >= 0.3 is 5.97 Å². The van der Waals surface area contributed by atoms with Gasteiger partial charge in [0, 0.05) is 19.9 Å². The van der Waals surface area contributed by atoms with Gasteiger partial charge in [-0.05, 0) is 30.5 Å². The first kappa shape index (κ1) is 20.3. The van der Waals surface area contributed by atoms with Gasteiger partial charge in [-0.15, -0.1) is 24.8 Å². The van der Waals surface area contributed by atoms with Crippen molar-refractivity contribution in [1.82, 2.24) is 5.32 Å². The van der Waals surface area contributed by atoms with Crippen LogP contribution < -0.4 is 10.1 Å². The summed E-state index contributed by atoms with van der Waals surface area (Å²) < 4.78 is 10.8. The molecule has 0 aliphatic carbocycles. The molecule has 0 aromatic heterocycles. The van der Waals surface area contributed by atoms with Gasteiger partial charge in [-0.25, -0.2) is 0 Å². The van der Waals surface area contributed by atoms with Crippen molar-refractivity contribution < 1.29 is 19.4 Å². The lowest BCUT2D eigenvalue weighted by Gasteiger charge is -2.21. The molecule has 0 radical (unpaired) electrons. The SMILES string of the molecule is C#CCCCOc1ccc(C[C@H]2NC[C@H](O)[C@H]2OC(C)=O)cc1.Cl. The molecule has 132 valence electrons. The number of esters is 1. The average Bonchev–Trinajstić information content (AvgIpc) is 2.86. The number of β-amino-alcohol motifs (C(OH)–C–C–N with tert-alkyl or cyclic N) is 1. The van der Waals surface area contributed by atoms with Crippen LogP contribution in [0.15, 0.2) is 24.3 Å². The number of halogens is 1. The number of hydrogen-bond acceptors (Lipinski definition) is 5. The fourth-order valence-electron chi connectivity index (χ4n) is 2.65. The summed E-state index contributed by atoms with van der Waals surface area (Å²) in [6.45, 7) is 2.39. The Kier molecular flexibility index (Phi) is 8.62. The normalized spacial score (nSPS) is 22.3. The minimum atomic E-state index is -0.664. The smallest absolute Gasteiger partial charge is 0.303 e. The van der Waals surface area contributed by atoms with E-state index in [1.165, 1.54) is 6.92 Å². The second-order valence-electron chi connectivity index (χ2n) is 5.66. The summed E-state index contributed by atoms with van der Waals surface area (Å²) >= 11 is 0. The number of ether oxygens (including phenoxy) is 2. The number of aliphatic hydroxyl groups is 1. The number of nitrogens with one attached hydrogen (secondary N) is 1. The average molecular weight is 354 g/mol. The van der Waals surface area contributed by atoms with Crippen LogP contribution in [0.3, 0.4) is 0 Å². The summed E-state index contributed by atoms with van der Waals surface area (Å²) in [7, 11) is 0. The van der Waals surface area contributed by atoms with Gasteiger partial charge in [-0.3, -0.25) is 4.79 Å². The first-order valence-electron chi connectivity index (χ1n) is 7.84. The van der Waals surface area contributed by atoms with Crippen molar-refractivity contribution in [3.8, 4) is 18.1 Å². The fourth-order valence-corrected chi connectivity index (χ4v) is 2.65. The van der Waals surface area contributed by atoms with E-state index < -0.39 is 12.2 Å². The lowest BCUT2D eigenvalue weighted by atomic mass is 10.0. The molecule has 1 aliphatic rings. The Bertz CT molecular complexity index is 555. The molecule has 5 nitrogen and oxygen atoms in total. The molecule has 3 atom stereocenters. The van der Waals surface area contributed by atoms with Crippen LogP contribution >= 0.6 is 12.4 Å². The Hall–Kier alpha value is -1.74. The number of hydrogen-bond donors (Lipinski definition) is 2. The lowest BCUT2D eigenvalue weighted by molar-refractivity contribution is -0.151. The van der Waals surface area contributed by atoms with E-state index in [0.29, 0.717) is 26.0 Å². The van der Waals surface area contributed by atoms with E-state index >= 15 is 0 Å². The molecule has 0 unspecified atom stereocenters. The van der Waals surface area contributed by atoms with Gasteiger partial charge in [0.2, 0.25) is 0 Å². The zero-order valence-corrected chi connectivity index (χ0v) is 14.6. The molecular formula is C18H24ClNO4. The third kappa shape index (κ3) is 6.04. The Labute approximate surface area is 149 Å². The van der Waals surface area contributed by atoms with Gasteiger partial charge in [-0.1, -0.05) is 12.1 Å². The summed E-state index contributed by atoms with van der Waals surface area (Å²) in [6.07, 6.45) is 6.25. The predicted molar refractivity (Wildman–Crippen MR) is 94.3 cm³/mol. The Morgan fingerprint density at radius 2 is 2.12 bits per heavy atom. The number of terminal acetylenes is 1. The summed E-state index contributed by atoms with van der Waals surface area (Å²) in [5.74, 6) is 3.01. The molecule has 1 aliphatic heterocycles. The van der Waals surface area contributed by atoms with Crippen LogP contribution in [-0.2, 0) is 16.0 Å². The standard InChI is InChI=1S/C18H23NO4.ClH/c1-3-4-5-10-22-15-8-6-14(7-9-15)11-16-18(23-13(2)20)17(21)12-19-16;/h1,6-9,16-19,21H,4-5,10-12H2,2H3;1H/t16-,17+,18+;/m1./s1. The molecule has 0 bridgehead atoms. The van der Waals surface area contributed by atoms with Crippen LogP contribution in [0, 0.1) is 12.3 Å². The molecule has 2 rings (SSSR count). The Morgan fingerprint density at radius 3 is 2.75 bits per heavy atom. The first-order chi connectivity index (χ1) is 11.1. The number of benzene rings is 1. The second-order valence-corrected chi connectivity index (χ2v) is 5.66. The minimum absolute atomic E-state index is 0. The number of rotatable bonds is 7. The second kappa shape index (κ2) is 10.2. The molecule has 1 fully saturated rings. The van der Waals surface area contributed by atoms with Gasteiger partial charge in [-0.2, -0.15) is 0 Å². The number of unbranched alkanes of at least 4 members (excludes halogenated alkanes) is 1. The quantitative estimate of drug-likeness (QED) is 0.444. The topological polar surface area (TPSA) is 67.8 Å². The van der Waals surface area contributed by atoms with Crippen molar-refractivity contribution in [2.24, 2.45) is 0 Å². The van der Waals surface area contributed by atoms with Crippen LogP contribution in [0.5, 0.6) is 5.75 Å². The summed E-state index contributed by atoms with van der Waals surface area (Å²) in [5.41, 5.74) is 1.09. The molecule has 24 heavy (non-hydrogen) atoms. The lowest BCUT2D eigenvalue weighted by Crippen LogP contribution is -2.38. The van der Waals surface area contributed by atoms with Gasteiger partial charge in [0.1, 0.15) is 18.0 Å². The number of carbonyl (C=O) groups is 1. The van der Waals surface area contributed by atoms with E-state index in [1.54, 1.807) is 0 Å². The highest BCUT2D eigenvalue weighted by Gasteiger charge is 2.37. The van der Waals surface area contributed by atoms with Crippen molar-refractivity contribution in [2.45, 2.75) is 44.4 Å². The van der Waals surface area contributed by atoms with Gasteiger partial charge in [0.15, 0.2) is 0 Å². The first-order valence-corrected chi connectivity index (χ1v) is 7.84. The van der Waals surface area contributed by atoms with E-state index in [1.807, 2.05) is 24.3 Å². The van der Waals surface area contributed by atoms with Crippen molar-refractivity contribution in [3.63, 3.8) is 0 Å². The van der Waals surface area contributed by atoms with Crippen molar-refractivity contribution in [3.05, 3.63) is 29.8 Å². The molecule has 1 aromatic carbocycles. The molecule has 1 saturated heterocycles. The summed E-state index contributed by atoms with van der Waals surface area (Å²) in [6, 6.07) is 7.70. The molecule has 6 heteroatoms. The van der Waals surface area contributed by atoms with Crippen LogP contribution in [0.4, 0.5) is 0 Å². The molecule has 2 N–H and O–H groups in total. The van der Waals surface area contributed by atoms with E-state index in [9.17, 15) is 9.90 Å². The zero-order valence-electron chi connectivity index (χ0n) is 13.7. The maximum atomic E-state index is 11.1. The molecule has 0 spiro atoms. The minimum Gasteiger partial charge on any atom is -0.494 e. The number of aliphatic hydroxyl groups excluding tert-OH is 1. The van der Waals surface area contributed by atoms with E-state index in [2.05, 4.69) is 11.2 Å². The van der Waals surface area contributed by atoms with Crippen molar-refractivity contribution in [1.29, 1.82) is 0 Å². The monoisotopic (exact) mass is 353 g/mol. The van der Waals surface area contributed by atoms with Crippen LogP contribution in [0.25, 0.3) is 0 Å². The van der Waals surface area contributed by atoms with Gasteiger partial charge < -0.3 is 19.9 Å². The van der Waals surface area contributed by atoms with E-state index in [0.717, 1.165) is 17.7 Å². The maximum absolute atomic E-state index is 11.1. The number of carbonyl (C=O) groups excluding carboxylic acids is 1. The van der Waals surface area contributed by atoms with Crippen molar-refractivity contribution >= 4 is 18.4 Å². The van der Waals surface area contributed by atoms with Crippen molar-refractivity contribution in [2.75, 3.05) is 13.2 Å². The maximum Gasteiger partial charge on any atom is 0.303 e. The highest BCUT2D eigenvalue weighted by Crippen LogP contribution is 2.19. The largest absolute Gasteiger partial charge is 0.494 e. The highest BCUT2D eigenvalue weighted by molar-refractivity contribution is 5.85. The molecular weight excluding hydrogens is 330 g/mol. The third-order valence-corrected chi connectivity index (χ3v) is 3.78. The van der Waals surface area contributed by atoms with Gasteiger partial charge in [0.05, 0.1) is 12.6 Å². The van der Waals surface area contributed by atoms with Crippen LogP contribution in [0.2, 0.25) is 0 Å². The zero-order chi connectivity index (χ0) is 16.7. The van der Waals surface area contributed by atoms with Crippen LogP contribution in [0.1, 0.15) is 25.3 Å². The third-order valence-electron chi connectivity index (χ3n) is 3.78. The summed E-state index contributed by atoms with van der Waals surface area (Å²) in [5, 5.41) is 13.1. The molecule has 1 aromatic rings. The summed E-state index contributed by atoms with van der Waals surface area (Å²) in [4.78, 5) is 11.1. The van der Waals surface area contributed by atoms with Crippen LogP contribution in [-0.4, -0.2) is 42.5 Å². The fraction of sp³-hybridized carbons (Fsp3) is 0.500. The van der Waals surface area contributed by atoms with E-state index in [4.69, 9.17) is 15.9 Å². The molecule has 0 amide bonds. The highest BCUT2D eigenvalue weighted by atomic mass is 35.5. The van der Waals surface area contributed by atoms with Gasteiger partial charge in [0.25, 0.3) is 0 Å². The van der Waals surface area contributed by atoms with E-state index in [-0.39, 0.29) is 24.4 Å². The molecule has 1 heterocycles.